The average Bonchev–Trinajstić information content (AvgIpc) is 2.67. The Labute approximate surface area is 172 Å². The number of amidine groups is 1. The zero-order valence-corrected chi connectivity index (χ0v) is 17.8. The Balaban J connectivity index is 2.11. The fraction of sp³-hybridized carbons (Fsp3) is 0.529. The number of carbonyl (C=O) groups excluding carboxylic acids is 1. The molecule has 1 aromatic rings. The van der Waals surface area contributed by atoms with E-state index in [1.54, 1.807) is 6.92 Å². The number of nitrogens with zero attached hydrogens (tertiary/aromatic N) is 1. The summed E-state index contributed by atoms with van der Waals surface area (Å²) in [5.74, 6) is -1.58. The Bertz CT molecular complexity index is 844. The third kappa shape index (κ3) is 5.28. The molecule has 8 nitrogen and oxygen atoms in total. The molecular formula is C17H24BrFN4O4S. The van der Waals surface area contributed by atoms with E-state index >= 15 is 0 Å². The van der Waals surface area contributed by atoms with Crippen LogP contribution in [0, 0.1) is 29.0 Å². The van der Waals surface area contributed by atoms with Gasteiger partial charge >= 0.3 is 10.2 Å². The number of anilines is 1. The van der Waals surface area contributed by atoms with Crippen LogP contribution in [0.2, 0.25) is 0 Å². The van der Waals surface area contributed by atoms with Gasteiger partial charge in [-0.05, 0) is 71.6 Å². The first-order valence-electron chi connectivity index (χ1n) is 8.83. The van der Waals surface area contributed by atoms with Crippen LogP contribution in [-0.4, -0.2) is 31.8 Å². The lowest BCUT2D eigenvalue weighted by Crippen LogP contribution is -2.43. The fourth-order valence-corrected chi connectivity index (χ4v) is 4.86. The predicted octanol–water partition coefficient (Wildman–Crippen LogP) is 2.57. The lowest BCUT2D eigenvalue weighted by molar-refractivity contribution is -0.118. The minimum absolute atomic E-state index is 0.00262. The third-order valence-corrected chi connectivity index (χ3v) is 7.08. The highest BCUT2D eigenvalue weighted by Gasteiger charge is 2.32. The van der Waals surface area contributed by atoms with Gasteiger partial charge in [-0.1, -0.05) is 11.8 Å². The highest BCUT2D eigenvalue weighted by atomic mass is 79.9. The van der Waals surface area contributed by atoms with Gasteiger partial charge < -0.3 is 10.9 Å². The first-order chi connectivity index (χ1) is 13.1. The van der Waals surface area contributed by atoms with E-state index in [-0.39, 0.29) is 40.2 Å². The van der Waals surface area contributed by atoms with Crippen molar-refractivity contribution >= 4 is 43.4 Å². The second-order valence-corrected chi connectivity index (χ2v) is 9.50. The van der Waals surface area contributed by atoms with Crippen molar-refractivity contribution in [2.45, 2.75) is 32.6 Å². The number of hydrogen-bond donors (Lipinski definition) is 4. The number of hydrogen-bond acceptors (Lipinski definition) is 5. The summed E-state index contributed by atoms with van der Waals surface area (Å²) in [5, 5.41) is 16.4. The van der Waals surface area contributed by atoms with Gasteiger partial charge in [-0.15, -0.1) is 0 Å². The summed E-state index contributed by atoms with van der Waals surface area (Å²) >= 11 is 3.04. The standard InChI is InChI=1S/C17H24BrFN4O4S/c1-10(16(24)17(20)21)12-4-2-11(3-5-12)9-23(28(26,27)22-25)13-6-7-15(19)14(18)8-13/h6-8,10-12,22,25H,2-5,9H2,1H3,(H3,20,21). The quantitative estimate of drug-likeness (QED) is 0.258. The molecular weight excluding hydrogens is 455 g/mol. The number of carbonyl (C=O) groups is 1. The highest BCUT2D eigenvalue weighted by molar-refractivity contribution is 9.10. The van der Waals surface area contributed by atoms with Crippen LogP contribution >= 0.6 is 15.9 Å². The molecule has 1 aliphatic rings. The first kappa shape index (κ1) is 22.7. The number of Topliss-reactive ketones (excluding diaryl/α,β-unsaturated/α-hetero) is 1. The fourth-order valence-electron chi connectivity index (χ4n) is 3.60. The molecule has 0 radical (unpaired) electrons. The van der Waals surface area contributed by atoms with Crippen LogP contribution in [0.25, 0.3) is 0 Å². The largest absolute Gasteiger partial charge is 0.381 e. The third-order valence-electron chi connectivity index (χ3n) is 5.30. The molecule has 28 heavy (non-hydrogen) atoms. The number of nitrogens with one attached hydrogen (secondary N) is 2. The minimum Gasteiger partial charge on any atom is -0.381 e. The van der Waals surface area contributed by atoms with Crippen molar-refractivity contribution in [1.82, 2.24) is 4.89 Å². The van der Waals surface area contributed by atoms with Gasteiger partial charge in [0.2, 0.25) is 0 Å². The molecule has 1 unspecified atom stereocenters. The van der Waals surface area contributed by atoms with Crippen molar-refractivity contribution < 1.29 is 22.8 Å². The second-order valence-electron chi connectivity index (χ2n) is 7.07. The van der Waals surface area contributed by atoms with Crippen molar-refractivity contribution in [1.29, 1.82) is 5.41 Å². The Hall–Kier alpha value is -1.56. The van der Waals surface area contributed by atoms with E-state index in [2.05, 4.69) is 15.9 Å². The smallest absolute Gasteiger partial charge is 0.323 e. The van der Waals surface area contributed by atoms with Crippen molar-refractivity contribution in [2.24, 2.45) is 23.5 Å². The molecule has 5 N–H and O–H groups in total. The Morgan fingerprint density at radius 3 is 2.54 bits per heavy atom. The number of nitrogens with two attached hydrogens (primary N) is 1. The summed E-state index contributed by atoms with van der Waals surface area (Å²) in [6.07, 6.45) is 2.77. The topological polar surface area (TPSA) is 137 Å². The molecule has 0 aliphatic heterocycles. The number of ketones is 1. The van der Waals surface area contributed by atoms with Crippen LogP contribution in [0.5, 0.6) is 0 Å². The summed E-state index contributed by atoms with van der Waals surface area (Å²) in [6.45, 7) is 1.87. The van der Waals surface area contributed by atoms with E-state index in [1.807, 2.05) is 0 Å². The molecule has 0 spiro atoms. The molecule has 0 saturated heterocycles. The number of rotatable bonds is 8. The van der Waals surface area contributed by atoms with Gasteiger partial charge in [0.25, 0.3) is 0 Å². The zero-order chi connectivity index (χ0) is 21.1. The van der Waals surface area contributed by atoms with Gasteiger partial charge in [0.05, 0.1) is 10.2 Å². The van der Waals surface area contributed by atoms with Crippen LogP contribution in [0.15, 0.2) is 22.7 Å². The second kappa shape index (κ2) is 9.29. The lowest BCUT2D eigenvalue weighted by atomic mass is 9.75. The van der Waals surface area contributed by atoms with Gasteiger partial charge in [0, 0.05) is 12.5 Å². The summed E-state index contributed by atoms with van der Waals surface area (Å²) in [7, 11) is -4.20. The minimum atomic E-state index is -4.20. The van der Waals surface area contributed by atoms with Crippen LogP contribution < -0.4 is 14.9 Å². The number of halogens is 2. The van der Waals surface area contributed by atoms with Crippen LogP contribution in [0.4, 0.5) is 10.1 Å². The predicted molar refractivity (Wildman–Crippen MR) is 107 cm³/mol. The molecule has 0 amide bonds. The molecule has 1 atom stereocenters. The van der Waals surface area contributed by atoms with Crippen LogP contribution in [-0.2, 0) is 15.0 Å². The molecule has 1 aromatic carbocycles. The summed E-state index contributed by atoms with van der Waals surface area (Å²) in [6, 6.07) is 3.81. The van der Waals surface area contributed by atoms with E-state index in [4.69, 9.17) is 16.4 Å². The number of benzene rings is 1. The maximum atomic E-state index is 13.5. The Morgan fingerprint density at radius 2 is 2.04 bits per heavy atom. The van der Waals surface area contributed by atoms with Gasteiger partial charge in [0.1, 0.15) is 5.82 Å². The Kier molecular flexibility index (Phi) is 7.54. The molecule has 1 saturated carbocycles. The van der Waals surface area contributed by atoms with Crippen LogP contribution in [0.1, 0.15) is 32.6 Å². The molecule has 11 heteroatoms. The molecule has 0 bridgehead atoms. The van der Waals surface area contributed by atoms with E-state index in [0.29, 0.717) is 25.7 Å². The summed E-state index contributed by atoms with van der Waals surface area (Å²) < 4.78 is 39.2. The summed E-state index contributed by atoms with van der Waals surface area (Å²) in [5.41, 5.74) is 5.51. The van der Waals surface area contributed by atoms with Crippen molar-refractivity contribution in [3.8, 4) is 0 Å². The molecule has 156 valence electrons. The summed E-state index contributed by atoms with van der Waals surface area (Å²) in [4.78, 5) is 13.2. The zero-order valence-electron chi connectivity index (χ0n) is 15.4. The van der Waals surface area contributed by atoms with E-state index in [1.165, 1.54) is 17.0 Å². The van der Waals surface area contributed by atoms with Gasteiger partial charge in [-0.25, -0.2) is 4.39 Å². The van der Waals surface area contributed by atoms with E-state index in [9.17, 15) is 17.6 Å². The molecule has 0 aromatic heterocycles. The normalized spacial score (nSPS) is 21.1. The van der Waals surface area contributed by atoms with Crippen molar-refractivity contribution in [3.05, 3.63) is 28.5 Å². The van der Waals surface area contributed by atoms with E-state index < -0.39 is 21.9 Å². The van der Waals surface area contributed by atoms with Crippen LogP contribution in [0.3, 0.4) is 0 Å². The van der Waals surface area contributed by atoms with Gasteiger partial charge in [-0.2, -0.15) is 8.42 Å². The van der Waals surface area contributed by atoms with E-state index in [0.717, 1.165) is 10.4 Å². The first-order valence-corrected chi connectivity index (χ1v) is 11.1. The van der Waals surface area contributed by atoms with Crippen molar-refractivity contribution in [2.75, 3.05) is 10.8 Å². The van der Waals surface area contributed by atoms with Gasteiger partial charge in [-0.3, -0.25) is 14.5 Å². The monoisotopic (exact) mass is 478 g/mol. The molecule has 1 fully saturated rings. The SMILES string of the molecule is CC(C(=O)C(=N)N)C1CCC(CN(c2ccc(F)c(Br)c2)S(=O)(=O)NO)CC1. The molecule has 2 rings (SSSR count). The highest BCUT2D eigenvalue weighted by Crippen LogP contribution is 2.35. The van der Waals surface area contributed by atoms with Crippen molar-refractivity contribution in [3.63, 3.8) is 0 Å². The maximum absolute atomic E-state index is 13.5. The molecule has 0 heterocycles. The maximum Gasteiger partial charge on any atom is 0.323 e. The lowest BCUT2D eigenvalue weighted by Gasteiger charge is -2.34. The van der Waals surface area contributed by atoms with Gasteiger partial charge in [0.15, 0.2) is 11.6 Å². The Morgan fingerprint density at radius 1 is 1.43 bits per heavy atom. The molecule has 1 aliphatic carbocycles. The average molecular weight is 479 g/mol.